The number of aliphatic hydroxyl groups excluding tert-OH is 2. The number of hydrogen-bond acceptors (Lipinski definition) is 4. The molecular weight excluding hydrogens is 304 g/mol. The van der Waals surface area contributed by atoms with Gasteiger partial charge in [0, 0.05) is 5.92 Å². The van der Waals surface area contributed by atoms with Gasteiger partial charge < -0.3 is 20.4 Å². The molecule has 0 bridgehead atoms. The summed E-state index contributed by atoms with van der Waals surface area (Å²) in [6, 6.07) is 0. The molecule has 2 rings (SSSR count). The zero-order valence-corrected chi connectivity index (χ0v) is 15.7. The molecule has 0 unspecified atom stereocenters. The first-order valence-corrected chi connectivity index (χ1v) is 8.93. The Balaban J connectivity index is 2.55. The van der Waals surface area contributed by atoms with Crippen LogP contribution in [0.25, 0.3) is 0 Å². The molecule has 0 saturated heterocycles. The van der Waals surface area contributed by atoms with Crippen molar-refractivity contribution < 1.29 is 20.4 Å². The van der Waals surface area contributed by atoms with Gasteiger partial charge in [-0.15, -0.1) is 0 Å². The van der Waals surface area contributed by atoms with Crippen molar-refractivity contribution in [2.45, 2.75) is 77.3 Å². The molecular formula is C20H34O4. The third kappa shape index (κ3) is 2.98. The monoisotopic (exact) mass is 338 g/mol. The van der Waals surface area contributed by atoms with Gasteiger partial charge in [-0.25, -0.2) is 0 Å². The van der Waals surface area contributed by atoms with E-state index in [4.69, 9.17) is 0 Å². The molecule has 24 heavy (non-hydrogen) atoms. The van der Waals surface area contributed by atoms with E-state index < -0.39 is 23.4 Å². The van der Waals surface area contributed by atoms with Crippen molar-refractivity contribution in [2.75, 3.05) is 0 Å². The first-order chi connectivity index (χ1) is 10.8. The smallest absolute Gasteiger partial charge is 0.109 e. The molecule has 2 aliphatic carbocycles. The van der Waals surface area contributed by atoms with Gasteiger partial charge in [0.2, 0.25) is 0 Å². The van der Waals surface area contributed by atoms with Gasteiger partial charge in [0.1, 0.15) is 6.10 Å². The predicted molar refractivity (Wildman–Crippen MR) is 95.3 cm³/mol. The lowest BCUT2D eigenvalue weighted by atomic mass is 9.44. The number of hydrogen-bond donors (Lipinski definition) is 4. The van der Waals surface area contributed by atoms with E-state index in [2.05, 4.69) is 27.4 Å². The lowest BCUT2D eigenvalue weighted by Crippen LogP contribution is -2.69. The van der Waals surface area contributed by atoms with Crippen molar-refractivity contribution in [3.63, 3.8) is 0 Å². The van der Waals surface area contributed by atoms with Gasteiger partial charge >= 0.3 is 0 Å². The first kappa shape index (κ1) is 19.6. The minimum atomic E-state index is -1.47. The highest BCUT2D eigenvalue weighted by molar-refractivity contribution is 5.21. The maximum absolute atomic E-state index is 11.0. The standard InChI is InChI=1S/C20H34O4/c1-7-18(4,23)12-9-13-19(5)11-8-10-17(2,3)15(19)14(21)16(22)20(13,6)24/h7,9,12-16,21-24H,1,8,10-11H2,2-6H3/b12-9+/t13-,14-,15+,16+,18+,19+,20+/m1/s1. The van der Waals surface area contributed by atoms with Crippen molar-refractivity contribution in [1.29, 1.82) is 0 Å². The number of fused-ring (bicyclic) bond motifs is 1. The Kier molecular flexibility index (Phi) is 4.86. The second-order valence-electron chi connectivity index (χ2n) is 9.25. The van der Waals surface area contributed by atoms with Crippen molar-refractivity contribution in [1.82, 2.24) is 0 Å². The summed E-state index contributed by atoms with van der Waals surface area (Å²) in [6.45, 7) is 13.2. The molecule has 0 aromatic rings. The van der Waals surface area contributed by atoms with E-state index in [-0.39, 0.29) is 22.7 Å². The van der Waals surface area contributed by atoms with Crippen LogP contribution in [0.2, 0.25) is 0 Å². The largest absolute Gasteiger partial charge is 0.390 e. The second kappa shape index (κ2) is 5.94. The molecule has 2 aliphatic rings. The molecule has 2 fully saturated rings. The van der Waals surface area contributed by atoms with Crippen LogP contribution in [0.1, 0.15) is 53.9 Å². The average molecular weight is 338 g/mol. The quantitative estimate of drug-likeness (QED) is 0.596. The number of rotatable bonds is 3. The van der Waals surface area contributed by atoms with Gasteiger partial charge in [0.25, 0.3) is 0 Å². The fraction of sp³-hybridized carbons (Fsp3) is 0.800. The Labute approximate surface area is 145 Å². The minimum absolute atomic E-state index is 0.127. The Morgan fingerprint density at radius 2 is 1.71 bits per heavy atom. The van der Waals surface area contributed by atoms with Gasteiger partial charge in [0.15, 0.2) is 0 Å². The fourth-order valence-electron chi connectivity index (χ4n) is 5.48. The maximum Gasteiger partial charge on any atom is 0.109 e. The zero-order chi connectivity index (χ0) is 18.6. The van der Waals surface area contributed by atoms with E-state index in [1.54, 1.807) is 19.9 Å². The lowest BCUT2D eigenvalue weighted by Gasteiger charge is -2.63. The Hall–Kier alpha value is -0.680. The Morgan fingerprint density at radius 3 is 2.25 bits per heavy atom. The zero-order valence-electron chi connectivity index (χ0n) is 15.7. The predicted octanol–water partition coefficient (Wildman–Crippen LogP) is 2.41. The van der Waals surface area contributed by atoms with Crippen LogP contribution in [0, 0.1) is 22.7 Å². The van der Waals surface area contributed by atoms with Gasteiger partial charge in [-0.1, -0.05) is 52.0 Å². The Bertz CT molecular complexity index is 520. The summed E-state index contributed by atoms with van der Waals surface area (Å²) in [7, 11) is 0. The SMILES string of the molecule is C=C[C@](C)(O)/C=C/[C@H]1[C@](C)(O)[C@@H](O)[C@H](O)[C@H]2C(C)(C)CCC[C@]21C. The third-order valence-electron chi connectivity index (χ3n) is 6.73. The van der Waals surface area contributed by atoms with E-state index in [0.717, 1.165) is 19.3 Å². The molecule has 0 radical (unpaired) electrons. The van der Waals surface area contributed by atoms with Crippen LogP contribution in [0.15, 0.2) is 24.8 Å². The summed E-state index contributed by atoms with van der Waals surface area (Å²) in [5.74, 6) is -0.503. The average Bonchev–Trinajstić information content (AvgIpc) is 2.43. The lowest BCUT2D eigenvalue weighted by molar-refractivity contribution is -0.255. The van der Waals surface area contributed by atoms with Gasteiger partial charge in [0.05, 0.1) is 17.3 Å². The van der Waals surface area contributed by atoms with Crippen LogP contribution < -0.4 is 0 Å². The van der Waals surface area contributed by atoms with Crippen LogP contribution >= 0.6 is 0 Å². The molecule has 0 amide bonds. The highest BCUT2D eigenvalue weighted by Gasteiger charge is 2.64. The molecule has 0 heterocycles. The van der Waals surface area contributed by atoms with E-state index in [0.29, 0.717) is 0 Å². The van der Waals surface area contributed by atoms with Crippen LogP contribution in [-0.2, 0) is 0 Å². The van der Waals surface area contributed by atoms with Crippen LogP contribution in [0.5, 0.6) is 0 Å². The molecule has 138 valence electrons. The van der Waals surface area contributed by atoms with Gasteiger partial charge in [-0.05, 0) is 43.4 Å². The normalized spacial score (nSPS) is 47.9. The van der Waals surface area contributed by atoms with Crippen LogP contribution in [0.4, 0.5) is 0 Å². The summed E-state index contributed by atoms with van der Waals surface area (Å²) in [5, 5.41) is 42.7. The summed E-state index contributed by atoms with van der Waals surface area (Å²) >= 11 is 0. The van der Waals surface area contributed by atoms with Crippen LogP contribution in [0.3, 0.4) is 0 Å². The van der Waals surface area contributed by atoms with E-state index >= 15 is 0 Å². The molecule has 7 atom stereocenters. The van der Waals surface area contributed by atoms with E-state index in [9.17, 15) is 20.4 Å². The Morgan fingerprint density at radius 1 is 1.12 bits per heavy atom. The molecule has 2 saturated carbocycles. The maximum atomic E-state index is 11.0. The fourth-order valence-corrected chi connectivity index (χ4v) is 5.48. The summed E-state index contributed by atoms with van der Waals surface area (Å²) in [4.78, 5) is 0. The second-order valence-corrected chi connectivity index (χ2v) is 9.25. The van der Waals surface area contributed by atoms with E-state index in [1.165, 1.54) is 6.08 Å². The van der Waals surface area contributed by atoms with Crippen LogP contribution in [-0.4, -0.2) is 43.8 Å². The molecule has 4 nitrogen and oxygen atoms in total. The third-order valence-corrected chi connectivity index (χ3v) is 6.73. The molecule has 0 aromatic heterocycles. The summed E-state index contributed by atoms with van der Waals surface area (Å²) < 4.78 is 0. The minimum Gasteiger partial charge on any atom is -0.390 e. The summed E-state index contributed by atoms with van der Waals surface area (Å²) in [6.07, 6.45) is 5.56. The molecule has 4 heteroatoms. The van der Waals surface area contributed by atoms with E-state index in [1.807, 2.05) is 6.08 Å². The number of aliphatic hydroxyl groups is 4. The van der Waals surface area contributed by atoms with Crippen molar-refractivity contribution >= 4 is 0 Å². The highest BCUT2D eigenvalue weighted by atomic mass is 16.4. The molecule has 0 aromatic carbocycles. The summed E-state index contributed by atoms with van der Waals surface area (Å²) in [5.41, 5.74) is -3.13. The molecule has 0 spiro atoms. The molecule has 4 N–H and O–H groups in total. The molecule has 0 aliphatic heterocycles. The van der Waals surface area contributed by atoms with Crippen molar-refractivity contribution in [2.24, 2.45) is 22.7 Å². The van der Waals surface area contributed by atoms with Crippen molar-refractivity contribution in [3.05, 3.63) is 24.8 Å². The highest BCUT2D eigenvalue weighted by Crippen LogP contribution is 2.62. The topological polar surface area (TPSA) is 80.9 Å². The van der Waals surface area contributed by atoms with Gasteiger partial charge in [-0.2, -0.15) is 0 Å². The van der Waals surface area contributed by atoms with Crippen molar-refractivity contribution in [3.8, 4) is 0 Å². The first-order valence-electron chi connectivity index (χ1n) is 8.93. The van der Waals surface area contributed by atoms with Gasteiger partial charge in [-0.3, -0.25) is 0 Å².